The van der Waals surface area contributed by atoms with Gasteiger partial charge in [0.2, 0.25) is 0 Å². The van der Waals surface area contributed by atoms with E-state index in [1.165, 1.54) is 0 Å². The predicted octanol–water partition coefficient (Wildman–Crippen LogP) is 3.54. The number of fused-ring (bicyclic) bond motifs is 1. The lowest BCUT2D eigenvalue weighted by molar-refractivity contribution is 1.03. The molecule has 0 unspecified atom stereocenters. The first kappa shape index (κ1) is 10.3. The van der Waals surface area contributed by atoms with Crippen molar-refractivity contribution in [3.05, 3.63) is 64.6 Å². The molecule has 2 heterocycles. The largest absolute Gasteiger partial charge is 0.373 e. The van der Waals surface area contributed by atoms with Crippen molar-refractivity contribution in [2.45, 2.75) is 6.42 Å². The summed E-state index contributed by atoms with van der Waals surface area (Å²) in [6, 6.07) is 10.0. The Morgan fingerprint density at radius 3 is 2.56 bits per heavy atom. The van der Waals surface area contributed by atoms with Crippen LogP contribution in [0.5, 0.6) is 0 Å². The summed E-state index contributed by atoms with van der Waals surface area (Å²) < 4.78 is 1.72. The zero-order chi connectivity index (χ0) is 12.5. The minimum atomic E-state index is 0.198. The fraction of sp³-hybridized carbons (Fsp3) is 0.0714. The van der Waals surface area contributed by atoms with E-state index in [4.69, 9.17) is 13.1 Å². The highest BCUT2D eigenvalue weighted by Crippen LogP contribution is 2.36. The Morgan fingerprint density at radius 1 is 1.11 bits per heavy atom. The Balaban J connectivity index is 2.09. The second-order valence-corrected chi connectivity index (χ2v) is 3.97. The Morgan fingerprint density at radius 2 is 1.89 bits per heavy atom. The fourth-order valence-corrected chi connectivity index (χ4v) is 2.10. The van der Waals surface area contributed by atoms with Crippen LogP contribution in [-0.4, -0.2) is 9.55 Å². The average Bonchev–Trinajstić information content (AvgIpc) is 2.96. The Kier molecular flexibility index (Phi) is 2.22. The summed E-state index contributed by atoms with van der Waals surface area (Å²) in [5.41, 5.74) is 2.25. The fourth-order valence-electron chi connectivity index (χ4n) is 2.10. The number of allylic oxidation sites excluding steroid dienone is 1. The second-order valence-electron chi connectivity index (χ2n) is 3.97. The van der Waals surface area contributed by atoms with Crippen LogP contribution in [0.4, 0.5) is 11.6 Å². The summed E-state index contributed by atoms with van der Waals surface area (Å²) in [6.07, 6.45) is 2.57. The molecule has 3 rings (SSSR count). The van der Waals surface area contributed by atoms with Crippen LogP contribution in [0.2, 0.25) is 0 Å². The minimum absolute atomic E-state index is 0.198. The summed E-state index contributed by atoms with van der Waals surface area (Å²) >= 11 is 0. The lowest BCUT2D eigenvalue weighted by atomic mass is 10.1. The van der Waals surface area contributed by atoms with Crippen molar-refractivity contribution >= 4 is 23.4 Å². The van der Waals surface area contributed by atoms with E-state index in [2.05, 4.69) is 14.7 Å². The highest BCUT2D eigenvalue weighted by Gasteiger charge is 2.27. The molecule has 0 spiro atoms. The SMILES string of the molecule is [C-]#[N+]c1nc2n(c1[N+]#[C-])C=C(c1ccccc1)C2. The molecule has 0 amide bonds. The Bertz CT molecular complexity index is 724. The lowest BCUT2D eigenvalue weighted by Gasteiger charge is -1.97. The van der Waals surface area contributed by atoms with Gasteiger partial charge >= 0.3 is 0 Å². The maximum Gasteiger partial charge on any atom is 0.294 e. The summed E-state index contributed by atoms with van der Waals surface area (Å²) in [6.45, 7) is 14.1. The van der Waals surface area contributed by atoms with E-state index in [9.17, 15) is 0 Å². The first-order valence-electron chi connectivity index (χ1n) is 5.45. The van der Waals surface area contributed by atoms with Gasteiger partial charge in [-0.15, -0.1) is 0 Å². The van der Waals surface area contributed by atoms with E-state index in [0.717, 1.165) is 17.0 Å². The predicted molar refractivity (Wildman–Crippen MR) is 69.1 cm³/mol. The van der Waals surface area contributed by atoms with Gasteiger partial charge in [0.05, 0.1) is 12.6 Å². The standard InChI is InChI=1S/C14H8N4/c1-15-13-14(16-2)18-9-11(8-12(18)17-13)10-6-4-3-5-7-10/h3-7,9H,8H2. The molecule has 4 heteroatoms. The van der Waals surface area contributed by atoms with Gasteiger partial charge in [0, 0.05) is 5.57 Å². The number of nitrogens with zero attached hydrogens (tertiary/aromatic N) is 4. The van der Waals surface area contributed by atoms with Crippen molar-refractivity contribution < 1.29 is 0 Å². The first-order chi connectivity index (χ1) is 8.83. The smallest absolute Gasteiger partial charge is 0.294 e. The summed E-state index contributed by atoms with van der Waals surface area (Å²) in [5.74, 6) is 1.28. The molecule has 0 aliphatic carbocycles. The molecule has 0 fully saturated rings. The van der Waals surface area contributed by atoms with Crippen LogP contribution >= 0.6 is 0 Å². The van der Waals surface area contributed by atoms with Gasteiger partial charge in [-0.2, -0.15) is 0 Å². The highest BCUT2D eigenvalue weighted by atomic mass is 15.2. The molecule has 0 radical (unpaired) electrons. The topological polar surface area (TPSA) is 26.5 Å². The van der Waals surface area contributed by atoms with Crippen molar-refractivity contribution in [2.24, 2.45) is 0 Å². The molecule has 0 saturated heterocycles. The average molecular weight is 232 g/mol. The van der Waals surface area contributed by atoms with E-state index in [1.807, 2.05) is 36.5 Å². The Hall–Kier alpha value is -2.85. The highest BCUT2D eigenvalue weighted by molar-refractivity contribution is 5.83. The first-order valence-corrected chi connectivity index (χ1v) is 5.45. The van der Waals surface area contributed by atoms with E-state index in [1.54, 1.807) is 4.57 Å². The van der Waals surface area contributed by atoms with Crippen LogP contribution in [0, 0.1) is 13.1 Å². The molecule has 18 heavy (non-hydrogen) atoms. The summed E-state index contributed by atoms with van der Waals surface area (Å²) in [5, 5.41) is 0. The molecule has 0 atom stereocenters. The molecule has 0 bridgehead atoms. The van der Waals surface area contributed by atoms with Crippen molar-refractivity contribution in [3.63, 3.8) is 0 Å². The number of benzene rings is 1. The summed E-state index contributed by atoms with van der Waals surface area (Å²) in [4.78, 5) is 10.9. The molecule has 0 N–H and O–H groups in total. The molecule has 0 saturated carbocycles. The van der Waals surface area contributed by atoms with Gasteiger partial charge in [-0.1, -0.05) is 48.5 Å². The number of rotatable bonds is 1. The number of aromatic nitrogens is 2. The van der Waals surface area contributed by atoms with E-state index >= 15 is 0 Å². The van der Waals surface area contributed by atoms with Crippen LogP contribution in [0.25, 0.3) is 21.5 Å². The molecular weight excluding hydrogens is 224 g/mol. The van der Waals surface area contributed by atoms with Gasteiger partial charge in [-0.25, -0.2) is 4.57 Å². The van der Waals surface area contributed by atoms with Crippen LogP contribution in [0.3, 0.4) is 0 Å². The van der Waals surface area contributed by atoms with Crippen LogP contribution in [0.15, 0.2) is 30.3 Å². The maximum atomic E-state index is 7.14. The van der Waals surface area contributed by atoms with Gasteiger partial charge < -0.3 is 9.69 Å². The maximum absolute atomic E-state index is 7.14. The van der Waals surface area contributed by atoms with Crippen molar-refractivity contribution in [1.82, 2.24) is 9.55 Å². The van der Waals surface area contributed by atoms with Crippen LogP contribution < -0.4 is 0 Å². The summed E-state index contributed by atoms with van der Waals surface area (Å²) in [7, 11) is 0. The zero-order valence-corrected chi connectivity index (χ0v) is 9.46. The third kappa shape index (κ3) is 1.41. The van der Waals surface area contributed by atoms with Gasteiger partial charge in [0.15, 0.2) is 0 Å². The molecule has 84 valence electrons. The molecule has 1 aromatic carbocycles. The zero-order valence-electron chi connectivity index (χ0n) is 9.46. The van der Waals surface area contributed by atoms with Crippen LogP contribution in [-0.2, 0) is 6.42 Å². The molecule has 1 aliphatic heterocycles. The monoisotopic (exact) mass is 232 g/mol. The molecule has 1 aromatic heterocycles. The number of hydrogen-bond donors (Lipinski definition) is 0. The van der Waals surface area contributed by atoms with Crippen molar-refractivity contribution in [3.8, 4) is 0 Å². The van der Waals surface area contributed by atoms with E-state index < -0.39 is 0 Å². The molecular formula is C14H8N4. The number of imidazole rings is 1. The molecule has 4 nitrogen and oxygen atoms in total. The molecule has 1 aliphatic rings. The lowest BCUT2D eigenvalue weighted by Crippen LogP contribution is -1.87. The van der Waals surface area contributed by atoms with Crippen molar-refractivity contribution in [1.29, 1.82) is 0 Å². The third-order valence-corrected chi connectivity index (χ3v) is 2.93. The van der Waals surface area contributed by atoms with E-state index in [0.29, 0.717) is 12.2 Å². The van der Waals surface area contributed by atoms with E-state index in [-0.39, 0.29) is 5.82 Å². The van der Waals surface area contributed by atoms with Gasteiger partial charge in [-0.05, 0) is 5.56 Å². The Labute approximate surface area is 104 Å². The second kappa shape index (κ2) is 3.87. The third-order valence-electron chi connectivity index (χ3n) is 2.93. The number of hydrogen-bond acceptors (Lipinski definition) is 1. The quantitative estimate of drug-likeness (QED) is 0.691. The van der Waals surface area contributed by atoms with Gasteiger partial charge in [-0.3, -0.25) is 0 Å². The van der Waals surface area contributed by atoms with Gasteiger partial charge in [0.25, 0.3) is 17.5 Å². The van der Waals surface area contributed by atoms with Gasteiger partial charge in [0.1, 0.15) is 0 Å². The van der Waals surface area contributed by atoms with Crippen LogP contribution in [0.1, 0.15) is 11.4 Å². The molecule has 2 aromatic rings. The van der Waals surface area contributed by atoms with Crippen molar-refractivity contribution in [2.75, 3.05) is 0 Å². The normalized spacial score (nSPS) is 12.4. The minimum Gasteiger partial charge on any atom is -0.373 e.